The van der Waals surface area contributed by atoms with Crippen LogP contribution in [0.3, 0.4) is 0 Å². The zero-order chi connectivity index (χ0) is 18.8. The number of halogens is 1. The molecular formula is C16H27ClN6O3+2. The van der Waals surface area contributed by atoms with E-state index in [1.807, 2.05) is 0 Å². The van der Waals surface area contributed by atoms with Gasteiger partial charge in [0.15, 0.2) is 0 Å². The van der Waals surface area contributed by atoms with Crippen LogP contribution in [0.15, 0.2) is 0 Å². The number of aromatic nitrogens is 3. The molecule has 1 atom stereocenters. The number of carbonyl (C=O) groups is 1. The van der Waals surface area contributed by atoms with Crippen LogP contribution in [-0.2, 0) is 9.53 Å². The van der Waals surface area contributed by atoms with Crippen molar-refractivity contribution < 1.29 is 18.8 Å². The SMILES string of the molecule is COC(=O)[C@H](C)Nc1nc(OC)nc([N+]23CC[N+](CCCl)(CC2)CC3)n1. The van der Waals surface area contributed by atoms with Gasteiger partial charge in [-0.15, -0.1) is 21.6 Å². The highest BCUT2D eigenvalue weighted by Crippen LogP contribution is 2.31. The largest absolute Gasteiger partial charge is 0.467 e. The maximum absolute atomic E-state index is 11.7. The van der Waals surface area contributed by atoms with Gasteiger partial charge in [-0.2, -0.15) is 4.98 Å². The van der Waals surface area contributed by atoms with Gasteiger partial charge >= 0.3 is 17.9 Å². The van der Waals surface area contributed by atoms with Crippen molar-refractivity contribution in [1.29, 1.82) is 0 Å². The molecule has 3 fully saturated rings. The van der Waals surface area contributed by atoms with Crippen LogP contribution < -0.4 is 14.5 Å². The smallest absolute Gasteiger partial charge is 0.337 e. The molecule has 4 heterocycles. The summed E-state index contributed by atoms with van der Waals surface area (Å²) in [6, 6.07) is -0.310. The van der Waals surface area contributed by atoms with Crippen LogP contribution in [0, 0.1) is 0 Å². The molecule has 1 N–H and O–H groups in total. The maximum Gasteiger partial charge on any atom is 0.337 e. The van der Waals surface area contributed by atoms with E-state index in [1.165, 1.54) is 14.2 Å². The molecule has 3 aliphatic rings. The molecule has 4 rings (SSSR count). The summed E-state index contributed by atoms with van der Waals surface area (Å²) in [5.41, 5.74) is 0. The Morgan fingerprint density at radius 2 is 1.81 bits per heavy atom. The van der Waals surface area contributed by atoms with E-state index in [4.69, 9.17) is 21.1 Å². The zero-order valence-electron chi connectivity index (χ0n) is 15.6. The van der Waals surface area contributed by atoms with Crippen LogP contribution in [-0.4, -0.2) is 97.4 Å². The van der Waals surface area contributed by atoms with Crippen LogP contribution in [0.2, 0.25) is 0 Å². The second-order valence-electron chi connectivity index (χ2n) is 7.08. The van der Waals surface area contributed by atoms with Gasteiger partial charge < -0.3 is 19.3 Å². The third-order valence-corrected chi connectivity index (χ3v) is 5.85. The highest BCUT2D eigenvalue weighted by molar-refractivity contribution is 6.17. The molecular weight excluding hydrogens is 360 g/mol. The summed E-state index contributed by atoms with van der Waals surface area (Å²) in [5, 5.41) is 2.98. The molecule has 0 radical (unpaired) electrons. The van der Waals surface area contributed by atoms with Gasteiger partial charge in [0.2, 0.25) is 5.95 Å². The fourth-order valence-electron chi connectivity index (χ4n) is 3.84. The van der Waals surface area contributed by atoms with Gasteiger partial charge in [-0.3, -0.25) is 0 Å². The Balaban J connectivity index is 1.84. The Kier molecular flexibility index (Phi) is 5.50. The number of alkyl halides is 1. The standard InChI is InChI=1S/C16H27ClN6O3/c1-12(13(24)25-2)18-14-19-15(21-16(20-14)26-3)23-9-6-22(5-4-17,7-10-23)8-11-23/h12H,4-11H2,1-3H3,(H,18,19,20,21)/q+2/t12-,22?,23?/m0/s1. The average molecular weight is 387 g/mol. The minimum absolute atomic E-state index is 0.250. The van der Waals surface area contributed by atoms with Crippen molar-refractivity contribution in [3.05, 3.63) is 0 Å². The molecule has 1 aromatic rings. The Hall–Kier alpha value is -1.71. The lowest BCUT2D eigenvalue weighted by atomic mass is 10.1. The van der Waals surface area contributed by atoms with Gasteiger partial charge in [0.05, 0.1) is 26.6 Å². The van der Waals surface area contributed by atoms with Crippen molar-refractivity contribution in [2.45, 2.75) is 13.0 Å². The quantitative estimate of drug-likeness (QED) is 0.408. The molecule has 0 amide bonds. The van der Waals surface area contributed by atoms with E-state index in [0.29, 0.717) is 17.8 Å². The van der Waals surface area contributed by atoms with E-state index in [0.717, 1.165) is 54.8 Å². The first kappa shape index (κ1) is 19.1. The van der Waals surface area contributed by atoms with Gasteiger partial charge in [-0.1, -0.05) is 0 Å². The summed E-state index contributed by atoms with van der Waals surface area (Å²) < 4.78 is 11.8. The number of esters is 1. The number of anilines is 1. The highest BCUT2D eigenvalue weighted by Gasteiger charge is 2.51. The monoisotopic (exact) mass is 386 g/mol. The first-order valence-electron chi connectivity index (χ1n) is 8.88. The number of carbonyl (C=O) groups excluding carboxylic acids is 1. The summed E-state index contributed by atoms with van der Waals surface area (Å²) in [5.74, 6) is 1.34. The molecule has 0 aromatic carbocycles. The molecule has 0 spiro atoms. The van der Waals surface area contributed by atoms with Gasteiger partial charge in [0.1, 0.15) is 45.3 Å². The van der Waals surface area contributed by atoms with Crippen molar-refractivity contribution in [2.24, 2.45) is 0 Å². The van der Waals surface area contributed by atoms with Gasteiger partial charge in [0.25, 0.3) is 0 Å². The van der Waals surface area contributed by atoms with Gasteiger partial charge in [0, 0.05) is 0 Å². The van der Waals surface area contributed by atoms with Gasteiger partial charge in [-0.25, -0.2) is 9.28 Å². The van der Waals surface area contributed by atoms with E-state index in [9.17, 15) is 4.79 Å². The molecule has 3 saturated heterocycles. The van der Waals surface area contributed by atoms with Crippen molar-refractivity contribution in [2.75, 3.05) is 71.2 Å². The summed E-state index contributed by atoms with van der Waals surface area (Å²) in [4.78, 5) is 25.0. The first-order chi connectivity index (χ1) is 12.5. The lowest BCUT2D eigenvalue weighted by Gasteiger charge is -2.53. The van der Waals surface area contributed by atoms with Gasteiger partial charge in [-0.05, 0) is 6.92 Å². The van der Waals surface area contributed by atoms with Crippen LogP contribution in [0.1, 0.15) is 6.92 Å². The Morgan fingerprint density at radius 1 is 1.15 bits per heavy atom. The molecule has 0 unspecified atom stereocenters. The minimum Gasteiger partial charge on any atom is -0.467 e. The van der Waals surface area contributed by atoms with Crippen LogP contribution in [0.4, 0.5) is 11.9 Å². The summed E-state index contributed by atoms with van der Waals surface area (Å²) in [7, 11) is 2.88. The molecule has 144 valence electrons. The second-order valence-corrected chi connectivity index (χ2v) is 7.45. The van der Waals surface area contributed by atoms with E-state index >= 15 is 0 Å². The fraction of sp³-hybridized carbons (Fsp3) is 0.750. The highest BCUT2D eigenvalue weighted by atomic mass is 35.5. The van der Waals surface area contributed by atoms with Crippen LogP contribution in [0.5, 0.6) is 6.01 Å². The number of hydrogen-bond acceptors (Lipinski definition) is 7. The molecule has 0 aliphatic carbocycles. The number of nitrogens with zero attached hydrogens (tertiary/aromatic N) is 5. The number of ether oxygens (including phenoxy) is 2. The fourth-order valence-corrected chi connectivity index (χ4v) is 4.20. The average Bonchev–Trinajstić information content (AvgIpc) is 2.68. The molecule has 1 aromatic heterocycles. The minimum atomic E-state index is -0.560. The zero-order valence-corrected chi connectivity index (χ0v) is 16.3. The van der Waals surface area contributed by atoms with E-state index in [2.05, 4.69) is 20.3 Å². The van der Waals surface area contributed by atoms with Crippen LogP contribution >= 0.6 is 11.6 Å². The van der Waals surface area contributed by atoms with Crippen molar-refractivity contribution in [3.63, 3.8) is 0 Å². The lowest BCUT2D eigenvalue weighted by Crippen LogP contribution is -2.76. The maximum atomic E-state index is 11.7. The number of piperazine rings is 3. The van der Waals surface area contributed by atoms with E-state index in [1.54, 1.807) is 6.92 Å². The number of quaternary nitrogens is 2. The number of fused-ring (bicyclic) bond motifs is 3. The Morgan fingerprint density at radius 3 is 2.35 bits per heavy atom. The van der Waals surface area contributed by atoms with Crippen molar-refractivity contribution in [1.82, 2.24) is 19.4 Å². The molecule has 9 nitrogen and oxygen atoms in total. The Labute approximate surface area is 158 Å². The van der Waals surface area contributed by atoms with E-state index < -0.39 is 6.04 Å². The second kappa shape index (κ2) is 7.50. The molecule has 10 heteroatoms. The molecule has 0 saturated carbocycles. The third kappa shape index (κ3) is 3.56. The number of methoxy groups -OCH3 is 2. The summed E-state index contributed by atoms with van der Waals surface area (Å²) in [6.45, 7) is 8.84. The molecule has 2 bridgehead atoms. The lowest BCUT2D eigenvalue weighted by molar-refractivity contribution is -0.938. The number of rotatable bonds is 7. The van der Waals surface area contributed by atoms with Crippen molar-refractivity contribution in [3.8, 4) is 6.01 Å². The predicted octanol–water partition coefficient (Wildman–Crippen LogP) is 0.244. The number of nitrogens with one attached hydrogen (secondary N) is 1. The first-order valence-corrected chi connectivity index (χ1v) is 9.41. The van der Waals surface area contributed by atoms with Crippen molar-refractivity contribution >= 4 is 29.5 Å². The Bertz CT molecular complexity index is 649. The molecule has 26 heavy (non-hydrogen) atoms. The summed E-state index contributed by atoms with van der Waals surface area (Å²) in [6.07, 6.45) is 0. The summed E-state index contributed by atoms with van der Waals surface area (Å²) >= 11 is 6.00. The topological polar surface area (TPSA) is 86.2 Å². The van der Waals surface area contributed by atoms with E-state index in [-0.39, 0.29) is 12.0 Å². The number of hydrogen-bond donors (Lipinski definition) is 1. The normalized spacial score (nSPS) is 28.5. The van der Waals surface area contributed by atoms with Crippen LogP contribution in [0.25, 0.3) is 0 Å². The predicted molar refractivity (Wildman–Crippen MR) is 98.3 cm³/mol. The molecule has 3 aliphatic heterocycles. The third-order valence-electron chi connectivity index (χ3n) is 5.68.